The highest BCUT2D eigenvalue weighted by Gasteiger charge is 2.29. The molecule has 3 aromatic carbocycles. The van der Waals surface area contributed by atoms with E-state index in [9.17, 15) is 14.4 Å². The van der Waals surface area contributed by atoms with Gasteiger partial charge in [-0.1, -0.05) is 48.5 Å². The zero-order chi connectivity index (χ0) is 24.4. The van der Waals surface area contributed by atoms with Crippen LogP contribution in [0.2, 0.25) is 0 Å². The van der Waals surface area contributed by atoms with E-state index in [1.807, 2.05) is 59.5 Å². The minimum atomic E-state index is -0.461. The number of ether oxygens (including phenoxy) is 1. The molecular weight excluding hydrogens is 442 g/mol. The number of fused-ring (bicyclic) bond motifs is 1. The monoisotopic (exact) mass is 467 g/mol. The highest BCUT2D eigenvalue weighted by molar-refractivity contribution is 6.37. The predicted octanol–water partition coefficient (Wildman–Crippen LogP) is 4.53. The Kier molecular flexibility index (Phi) is 6.06. The second-order valence-corrected chi connectivity index (χ2v) is 8.56. The van der Waals surface area contributed by atoms with Crippen molar-refractivity contribution in [1.29, 1.82) is 0 Å². The number of carbonyl (C=O) groups excluding carboxylic acids is 3. The number of amides is 2. The number of anilines is 2. The SMILES string of the molecule is COC(=O)c1ccc2c(c1)NC(=O)/C2=C(\Nc1ccc(CN2CCCC2=O)cc1)c1ccccc1. The number of benzene rings is 3. The Labute approximate surface area is 203 Å². The maximum atomic E-state index is 13.1. The Morgan fingerprint density at radius 2 is 1.77 bits per heavy atom. The van der Waals surface area contributed by atoms with Crippen molar-refractivity contribution in [2.75, 3.05) is 24.3 Å². The van der Waals surface area contributed by atoms with E-state index in [0.29, 0.717) is 41.1 Å². The highest BCUT2D eigenvalue weighted by Crippen LogP contribution is 2.38. The van der Waals surface area contributed by atoms with Crippen molar-refractivity contribution < 1.29 is 19.1 Å². The molecule has 3 aromatic rings. The number of rotatable bonds is 6. The van der Waals surface area contributed by atoms with Crippen molar-refractivity contribution in [3.63, 3.8) is 0 Å². The lowest BCUT2D eigenvalue weighted by Crippen LogP contribution is -2.23. The molecule has 7 nitrogen and oxygen atoms in total. The van der Waals surface area contributed by atoms with Crippen LogP contribution in [0.4, 0.5) is 11.4 Å². The fraction of sp³-hybridized carbons (Fsp3) is 0.179. The molecule has 176 valence electrons. The molecule has 7 heteroatoms. The molecule has 0 aliphatic carbocycles. The fourth-order valence-corrected chi connectivity index (χ4v) is 4.48. The third-order valence-corrected chi connectivity index (χ3v) is 6.27. The molecule has 2 N–H and O–H groups in total. The van der Waals surface area contributed by atoms with Crippen LogP contribution in [0.1, 0.15) is 39.9 Å². The van der Waals surface area contributed by atoms with E-state index in [-0.39, 0.29) is 11.8 Å². The Bertz CT molecular complexity index is 1330. The second-order valence-electron chi connectivity index (χ2n) is 8.56. The normalized spacial score (nSPS) is 16.1. The van der Waals surface area contributed by atoms with Gasteiger partial charge in [0.1, 0.15) is 0 Å². The van der Waals surface area contributed by atoms with E-state index in [4.69, 9.17) is 4.74 Å². The molecule has 5 rings (SSSR count). The van der Waals surface area contributed by atoms with Crippen LogP contribution in [0.25, 0.3) is 11.3 Å². The minimum Gasteiger partial charge on any atom is -0.465 e. The summed E-state index contributed by atoms with van der Waals surface area (Å²) in [7, 11) is 1.32. The third-order valence-electron chi connectivity index (χ3n) is 6.27. The van der Waals surface area contributed by atoms with Crippen LogP contribution in [-0.2, 0) is 20.9 Å². The predicted molar refractivity (Wildman–Crippen MR) is 134 cm³/mol. The number of hydrogen-bond acceptors (Lipinski definition) is 5. The summed E-state index contributed by atoms with van der Waals surface area (Å²) in [6.45, 7) is 1.40. The van der Waals surface area contributed by atoms with Crippen LogP contribution >= 0.6 is 0 Å². The molecule has 1 fully saturated rings. The van der Waals surface area contributed by atoms with E-state index in [1.165, 1.54) is 7.11 Å². The molecule has 0 atom stereocenters. The molecule has 2 aliphatic rings. The summed E-state index contributed by atoms with van der Waals surface area (Å²) in [4.78, 5) is 38.9. The molecule has 0 bridgehead atoms. The number of esters is 1. The number of nitrogens with zero attached hydrogens (tertiary/aromatic N) is 1. The number of hydrogen-bond donors (Lipinski definition) is 2. The summed E-state index contributed by atoms with van der Waals surface area (Å²) in [5, 5.41) is 6.31. The maximum absolute atomic E-state index is 13.1. The Hall–Kier alpha value is -4.39. The molecule has 0 spiro atoms. The van der Waals surface area contributed by atoms with Gasteiger partial charge in [0.2, 0.25) is 5.91 Å². The van der Waals surface area contributed by atoms with Gasteiger partial charge in [0, 0.05) is 30.8 Å². The lowest BCUT2D eigenvalue weighted by atomic mass is 9.99. The Morgan fingerprint density at radius 1 is 1.00 bits per heavy atom. The standard InChI is InChI=1S/C28H25N3O4/c1-35-28(34)20-11-14-22-23(16-20)30-27(33)25(22)26(19-6-3-2-4-7-19)29-21-12-9-18(10-13-21)17-31-15-5-8-24(31)32/h2-4,6-7,9-14,16,29H,5,8,15,17H2,1H3,(H,30,33)/b26-25-. The van der Waals surface area contributed by atoms with Crippen molar-refractivity contribution in [1.82, 2.24) is 4.90 Å². The van der Waals surface area contributed by atoms with Crippen molar-refractivity contribution in [3.8, 4) is 0 Å². The number of methoxy groups -OCH3 is 1. The van der Waals surface area contributed by atoms with E-state index in [0.717, 1.165) is 29.8 Å². The molecular formula is C28H25N3O4. The quantitative estimate of drug-likeness (QED) is 0.411. The van der Waals surface area contributed by atoms with Gasteiger partial charge in [-0.25, -0.2) is 4.79 Å². The maximum Gasteiger partial charge on any atom is 0.337 e. The van der Waals surface area contributed by atoms with Gasteiger partial charge in [-0.15, -0.1) is 0 Å². The van der Waals surface area contributed by atoms with Crippen LogP contribution in [0.15, 0.2) is 72.8 Å². The first kappa shape index (κ1) is 22.4. The van der Waals surface area contributed by atoms with Gasteiger partial charge in [0.05, 0.1) is 29.6 Å². The summed E-state index contributed by atoms with van der Waals surface area (Å²) >= 11 is 0. The molecule has 0 unspecified atom stereocenters. The molecule has 0 radical (unpaired) electrons. The van der Waals surface area contributed by atoms with E-state index >= 15 is 0 Å². The molecule has 2 aliphatic heterocycles. The first-order chi connectivity index (χ1) is 17.0. The van der Waals surface area contributed by atoms with E-state index in [1.54, 1.807) is 18.2 Å². The summed E-state index contributed by atoms with van der Waals surface area (Å²) < 4.78 is 4.81. The highest BCUT2D eigenvalue weighted by atomic mass is 16.5. The third kappa shape index (κ3) is 4.53. The molecule has 35 heavy (non-hydrogen) atoms. The molecule has 0 aromatic heterocycles. The van der Waals surface area contributed by atoms with Gasteiger partial charge in [-0.3, -0.25) is 9.59 Å². The minimum absolute atomic E-state index is 0.199. The van der Waals surface area contributed by atoms with Crippen LogP contribution in [0.5, 0.6) is 0 Å². The zero-order valence-corrected chi connectivity index (χ0v) is 19.3. The first-order valence-electron chi connectivity index (χ1n) is 11.5. The summed E-state index contributed by atoms with van der Waals surface area (Å²) in [5.74, 6) is -0.515. The van der Waals surface area contributed by atoms with Crippen molar-refractivity contribution in [2.24, 2.45) is 0 Å². The number of carbonyl (C=O) groups is 3. The van der Waals surface area contributed by atoms with Crippen molar-refractivity contribution >= 4 is 40.4 Å². The van der Waals surface area contributed by atoms with Gasteiger partial charge in [0.25, 0.3) is 5.91 Å². The van der Waals surface area contributed by atoms with Crippen molar-refractivity contribution in [2.45, 2.75) is 19.4 Å². The van der Waals surface area contributed by atoms with Gasteiger partial charge in [-0.05, 0) is 41.8 Å². The van der Waals surface area contributed by atoms with Crippen LogP contribution < -0.4 is 10.6 Å². The van der Waals surface area contributed by atoms with Gasteiger partial charge in [-0.2, -0.15) is 0 Å². The molecule has 2 amide bonds. The molecule has 2 heterocycles. The van der Waals surface area contributed by atoms with Gasteiger partial charge in [0.15, 0.2) is 0 Å². The summed E-state index contributed by atoms with van der Waals surface area (Å²) in [6, 6.07) is 22.6. The Morgan fingerprint density at radius 3 is 2.46 bits per heavy atom. The number of likely N-dealkylation sites (tertiary alicyclic amines) is 1. The lowest BCUT2D eigenvalue weighted by molar-refractivity contribution is -0.128. The van der Waals surface area contributed by atoms with Gasteiger partial charge >= 0.3 is 5.97 Å². The first-order valence-corrected chi connectivity index (χ1v) is 11.5. The summed E-state index contributed by atoms with van der Waals surface area (Å²) in [5.41, 5.74) is 5.53. The largest absolute Gasteiger partial charge is 0.465 e. The zero-order valence-electron chi connectivity index (χ0n) is 19.3. The van der Waals surface area contributed by atoms with Crippen molar-refractivity contribution in [3.05, 3.63) is 95.1 Å². The topological polar surface area (TPSA) is 87.7 Å². The number of nitrogens with one attached hydrogen (secondary N) is 2. The van der Waals surface area contributed by atoms with E-state index < -0.39 is 5.97 Å². The van der Waals surface area contributed by atoms with Crippen LogP contribution in [-0.4, -0.2) is 36.3 Å². The molecule has 1 saturated heterocycles. The fourth-order valence-electron chi connectivity index (χ4n) is 4.48. The van der Waals surface area contributed by atoms with Crippen LogP contribution in [0, 0.1) is 0 Å². The van der Waals surface area contributed by atoms with E-state index in [2.05, 4.69) is 10.6 Å². The smallest absolute Gasteiger partial charge is 0.337 e. The molecule has 0 saturated carbocycles. The lowest BCUT2D eigenvalue weighted by Gasteiger charge is -2.17. The second kappa shape index (κ2) is 9.46. The average Bonchev–Trinajstić information content (AvgIpc) is 3.44. The average molecular weight is 468 g/mol. The van der Waals surface area contributed by atoms with Crippen LogP contribution in [0.3, 0.4) is 0 Å². The summed E-state index contributed by atoms with van der Waals surface area (Å²) in [6.07, 6.45) is 1.54. The van der Waals surface area contributed by atoms with Gasteiger partial charge < -0.3 is 20.3 Å². The Balaban J connectivity index is 1.49.